The van der Waals surface area contributed by atoms with Gasteiger partial charge in [0.15, 0.2) is 6.29 Å². The number of ether oxygens (including phenoxy) is 3. The summed E-state index contributed by atoms with van der Waals surface area (Å²) in [5.41, 5.74) is 2.58. The molecule has 38 heavy (non-hydrogen) atoms. The molecular weight excluding hydrogens is 480 g/mol. The summed E-state index contributed by atoms with van der Waals surface area (Å²) in [5, 5.41) is 32.3. The normalized spacial score (nSPS) is 23.7. The van der Waals surface area contributed by atoms with Gasteiger partial charge in [0.05, 0.1) is 13.2 Å². The van der Waals surface area contributed by atoms with Gasteiger partial charge in [-0.1, -0.05) is 121 Å². The minimum Gasteiger partial charge on any atom is -0.387 e. The van der Waals surface area contributed by atoms with Crippen molar-refractivity contribution in [2.75, 3.05) is 6.61 Å². The first-order valence-corrected chi connectivity index (χ1v) is 12.8. The highest BCUT2D eigenvalue weighted by molar-refractivity contribution is 5.47. The van der Waals surface area contributed by atoms with Crippen LogP contribution in [-0.4, -0.2) is 52.6 Å². The quantitative estimate of drug-likeness (QED) is 0.294. The lowest BCUT2D eigenvalue weighted by Gasteiger charge is -2.42. The van der Waals surface area contributed by atoms with Crippen LogP contribution in [0.25, 0.3) is 0 Å². The average molecular weight is 513 g/mol. The summed E-state index contributed by atoms with van der Waals surface area (Å²) in [6, 6.07) is 39.1. The second-order valence-electron chi connectivity index (χ2n) is 9.40. The molecule has 1 saturated heterocycles. The molecule has 5 rings (SSSR count). The van der Waals surface area contributed by atoms with Gasteiger partial charge >= 0.3 is 0 Å². The van der Waals surface area contributed by atoms with E-state index >= 15 is 0 Å². The molecule has 0 spiro atoms. The van der Waals surface area contributed by atoms with E-state index in [0.29, 0.717) is 0 Å². The van der Waals surface area contributed by atoms with E-state index < -0.39 is 36.3 Å². The van der Waals surface area contributed by atoms with E-state index in [1.54, 1.807) is 0 Å². The van der Waals surface area contributed by atoms with Crippen molar-refractivity contribution in [3.63, 3.8) is 0 Å². The molecule has 1 aliphatic rings. The maximum atomic E-state index is 11.2. The predicted molar refractivity (Wildman–Crippen MR) is 143 cm³/mol. The Kier molecular flexibility index (Phi) is 8.29. The number of benzene rings is 4. The van der Waals surface area contributed by atoms with Gasteiger partial charge in [0, 0.05) is 0 Å². The Morgan fingerprint density at radius 2 is 1.05 bits per heavy atom. The molecule has 3 N–H and O–H groups in total. The molecule has 196 valence electrons. The Labute approximate surface area is 222 Å². The molecule has 5 atom stereocenters. The number of hydrogen-bond donors (Lipinski definition) is 3. The van der Waals surface area contributed by atoms with Crippen LogP contribution in [0.4, 0.5) is 0 Å². The van der Waals surface area contributed by atoms with Crippen LogP contribution in [0.5, 0.6) is 0 Å². The van der Waals surface area contributed by atoms with Crippen LogP contribution >= 0.6 is 0 Å². The van der Waals surface area contributed by atoms with Gasteiger partial charge in [0.25, 0.3) is 0 Å². The second kappa shape index (κ2) is 12.0. The summed E-state index contributed by atoms with van der Waals surface area (Å²) in [4.78, 5) is 0. The summed E-state index contributed by atoms with van der Waals surface area (Å²) in [6.07, 6.45) is -6.20. The fourth-order valence-electron chi connectivity index (χ4n) is 4.99. The fourth-order valence-corrected chi connectivity index (χ4v) is 4.99. The number of aliphatic hydroxyl groups excluding tert-OH is 3. The molecule has 6 heteroatoms. The van der Waals surface area contributed by atoms with Crippen molar-refractivity contribution in [1.29, 1.82) is 0 Å². The van der Waals surface area contributed by atoms with Crippen LogP contribution in [-0.2, 0) is 26.4 Å². The van der Waals surface area contributed by atoms with Crippen LogP contribution in [0.2, 0.25) is 0 Å². The van der Waals surface area contributed by atoms with Crippen LogP contribution in [0, 0.1) is 0 Å². The first kappa shape index (κ1) is 26.3. The van der Waals surface area contributed by atoms with Crippen LogP contribution < -0.4 is 0 Å². The van der Waals surface area contributed by atoms with E-state index in [0.717, 1.165) is 22.3 Å². The summed E-state index contributed by atoms with van der Waals surface area (Å²) in [6.45, 7) is 0.0940. The van der Waals surface area contributed by atoms with E-state index in [9.17, 15) is 15.3 Å². The Morgan fingerprint density at radius 3 is 1.53 bits per heavy atom. The molecule has 0 bridgehead atoms. The van der Waals surface area contributed by atoms with E-state index in [-0.39, 0.29) is 13.2 Å². The molecule has 0 saturated carbocycles. The highest BCUT2D eigenvalue weighted by atomic mass is 16.7. The van der Waals surface area contributed by atoms with Gasteiger partial charge < -0.3 is 29.5 Å². The summed E-state index contributed by atoms with van der Waals surface area (Å²) < 4.78 is 18.3. The maximum absolute atomic E-state index is 11.2. The van der Waals surface area contributed by atoms with Crippen LogP contribution in [0.15, 0.2) is 121 Å². The molecule has 1 heterocycles. The average Bonchev–Trinajstić information content (AvgIpc) is 2.98. The molecular formula is C32H32O6. The van der Waals surface area contributed by atoms with E-state index in [1.807, 2.05) is 121 Å². The first-order valence-electron chi connectivity index (χ1n) is 12.8. The Hall–Kier alpha value is -3.36. The Morgan fingerprint density at radius 1 is 0.605 bits per heavy atom. The zero-order chi connectivity index (χ0) is 26.4. The second-order valence-corrected chi connectivity index (χ2v) is 9.40. The molecule has 0 amide bonds. The van der Waals surface area contributed by atoms with Crippen molar-refractivity contribution in [2.45, 2.75) is 42.9 Å². The molecule has 0 radical (unpaired) electrons. The molecule has 1 aliphatic heterocycles. The Balaban J connectivity index is 1.45. The van der Waals surface area contributed by atoms with Gasteiger partial charge in [-0.3, -0.25) is 0 Å². The largest absolute Gasteiger partial charge is 0.387 e. The predicted octanol–water partition coefficient (Wildman–Crippen LogP) is 4.02. The first-order chi connectivity index (χ1) is 18.6. The topological polar surface area (TPSA) is 88.4 Å². The minimum absolute atomic E-state index is 0.0746. The van der Waals surface area contributed by atoms with Crippen LogP contribution in [0.1, 0.15) is 22.3 Å². The standard InChI is InChI=1S/C32H32O6/c33-28-27(38-31(35)29(34)30(28)36-21-23-13-5-1-6-14-23)22-37-32(24-15-7-2-8-16-24,25-17-9-3-10-18-25)26-19-11-4-12-20-26/h1-20,27-31,33-35H,21-22H2/t27-,28+,29-,30+,31-/m1/s1. The van der Waals surface area contributed by atoms with Gasteiger partial charge in [0.2, 0.25) is 0 Å². The summed E-state index contributed by atoms with van der Waals surface area (Å²) >= 11 is 0. The van der Waals surface area contributed by atoms with Crippen molar-refractivity contribution < 1.29 is 29.5 Å². The highest BCUT2D eigenvalue weighted by Crippen LogP contribution is 2.41. The molecule has 0 aliphatic carbocycles. The van der Waals surface area contributed by atoms with Crippen molar-refractivity contribution in [2.24, 2.45) is 0 Å². The third-order valence-corrected chi connectivity index (χ3v) is 6.95. The van der Waals surface area contributed by atoms with Gasteiger partial charge in [-0.15, -0.1) is 0 Å². The maximum Gasteiger partial charge on any atom is 0.184 e. The SMILES string of the molecule is O[C@@H]1[C@@H](OCc2ccccc2)[C@@H](O)[C@@H](COC(c2ccccc2)(c2ccccc2)c2ccccc2)O[C@H]1O. The smallest absolute Gasteiger partial charge is 0.184 e. The van der Waals surface area contributed by atoms with Crippen molar-refractivity contribution in [3.8, 4) is 0 Å². The fraction of sp³-hybridized carbons (Fsp3) is 0.250. The lowest BCUT2D eigenvalue weighted by molar-refractivity contribution is -0.300. The molecule has 0 aromatic heterocycles. The zero-order valence-corrected chi connectivity index (χ0v) is 20.9. The summed E-state index contributed by atoms with van der Waals surface area (Å²) in [5.74, 6) is 0. The lowest BCUT2D eigenvalue weighted by Crippen LogP contribution is -2.60. The van der Waals surface area contributed by atoms with E-state index in [2.05, 4.69) is 0 Å². The molecule has 4 aromatic carbocycles. The minimum atomic E-state index is -1.53. The number of rotatable bonds is 9. The van der Waals surface area contributed by atoms with Gasteiger partial charge in [-0.05, 0) is 22.3 Å². The molecule has 6 nitrogen and oxygen atoms in total. The van der Waals surface area contributed by atoms with E-state index in [1.165, 1.54) is 0 Å². The molecule has 4 aromatic rings. The number of hydrogen-bond acceptors (Lipinski definition) is 6. The highest BCUT2D eigenvalue weighted by Gasteiger charge is 2.46. The van der Waals surface area contributed by atoms with Gasteiger partial charge in [-0.25, -0.2) is 0 Å². The van der Waals surface area contributed by atoms with Crippen molar-refractivity contribution in [1.82, 2.24) is 0 Å². The van der Waals surface area contributed by atoms with Crippen molar-refractivity contribution in [3.05, 3.63) is 144 Å². The van der Waals surface area contributed by atoms with Gasteiger partial charge in [-0.2, -0.15) is 0 Å². The molecule has 1 fully saturated rings. The monoisotopic (exact) mass is 512 g/mol. The lowest BCUT2D eigenvalue weighted by atomic mass is 9.80. The zero-order valence-electron chi connectivity index (χ0n) is 20.9. The van der Waals surface area contributed by atoms with E-state index in [4.69, 9.17) is 14.2 Å². The third kappa shape index (κ3) is 5.42. The van der Waals surface area contributed by atoms with Gasteiger partial charge in [0.1, 0.15) is 30.0 Å². The summed E-state index contributed by atoms with van der Waals surface area (Å²) in [7, 11) is 0. The third-order valence-electron chi connectivity index (χ3n) is 6.95. The molecule has 0 unspecified atom stereocenters. The van der Waals surface area contributed by atoms with Crippen molar-refractivity contribution >= 4 is 0 Å². The van der Waals surface area contributed by atoms with Crippen LogP contribution in [0.3, 0.4) is 0 Å². The number of aliphatic hydroxyl groups is 3. The Bertz CT molecular complexity index is 1160.